The van der Waals surface area contributed by atoms with Crippen molar-refractivity contribution < 1.29 is 0 Å². The van der Waals surface area contributed by atoms with Gasteiger partial charge >= 0.3 is 0 Å². The van der Waals surface area contributed by atoms with E-state index in [2.05, 4.69) is 10.6 Å². The van der Waals surface area contributed by atoms with Crippen LogP contribution in [-0.4, -0.2) is 19.0 Å². The molecule has 0 amide bonds. The van der Waals surface area contributed by atoms with Gasteiger partial charge in [0.2, 0.25) is 0 Å². The van der Waals surface area contributed by atoms with E-state index in [1.807, 2.05) is 30.3 Å². The van der Waals surface area contributed by atoms with Crippen LogP contribution in [0.2, 0.25) is 0 Å². The summed E-state index contributed by atoms with van der Waals surface area (Å²) in [7, 11) is 0. The number of hydrogen-bond acceptors (Lipinski definition) is 8. The van der Waals surface area contributed by atoms with Crippen LogP contribution in [0, 0.1) is 5.41 Å². The maximum atomic E-state index is 7.48. The molecule has 0 bridgehead atoms. The van der Waals surface area contributed by atoms with Crippen molar-refractivity contribution in [2.75, 3.05) is 17.4 Å². The molecule has 8 nitrogen and oxygen atoms in total. The number of hydrogen-bond donors (Lipinski definition) is 7. The zero-order valence-corrected chi connectivity index (χ0v) is 14.3. The summed E-state index contributed by atoms with van der Waals surface area (Å²) in [6.45, 7) is 0.460. The highest BCUT2D eigenvalue weighted by Gasteiger charge is 2.28. The molecule has 1 aliphatic rings. The van der Waals surface area contributed by atoms with Crippen LogP contribution in [0.4, 0.5) is 11.4 Å². The number of hydrazine groups is 1. The molecule has 0 saturated heterocycles. The first kappa shape index (κ1) is 17.9. The molecular formula is C18H24N8. The second-order valence-corrected chi connectivity index (χ2v) is 6.06. The van der Waals surface area contributed by atoms with E-state index in [1.165, 1.54) is 11.2 Å². The molecule has 3 rings (SSSR count). The molecule has 8 heteroatoms. The third kappa shape index (κ3) is 3.39. The summed E-state index contributed by atoms with van der Waals surface area (Å²) >= 11 is 0. The molecular weight excluding hydrogens is 328 g/mol. The lowest BCUT2D eigenvalue weighted by molar-refractivity contribution is 0.475. The average molecular weight is 352 g/mol. The van der Waals surface area contributed by atoms with Gasteiger partial charge in [0.15, 0.2) is 0 Å². The first-order valence-electron chi connectivity index (χ1n) is 8.25. The number of nitrogens with one attached hydrogen (secondary N) is 3. The van der Waals surface area contributed by atoms with Gasteiger partial charge in [-0.3, -0.25) is 10.3 Å². The molecule has 1 heterocycles. The predicted octanol–water partition coefficient (Wildman–Crippen LogP) is 0.293. The lowest BCUT2D eigenvalue weighted by atomic mass is 9.96. The van der Waals surface area contributed by atoms with Gasteiger partial charge in [0.25, 0.3) is 0 Å². The molecule has 0 radical (unpaired) electrons. The minimum Gasteiger partial charge on any atom is -0.398 e. The molecule has 0 aromatic heterocycles. The highest BCUT2D eigenvalue weighted by atomic mass is 15.5. The zero-order chi connectivity index (χ0) is 18.7. The number of rotatable bonds is 5. The van der Waals surface area contributed by atoms with Crippen LogP contribution >= 0.6 is 0 Å². The number of nitrogens with zero attached hydrogens (tertiary/aromatic N) is 1. The lowest BCUT2D eigenvalue weighted by Gasteiger charge is -2.36. The highest BCUT2D eigenvalue weighted by molar-refractivity contribution is 5.86. The summed E-state index contributed by atoms with van der Waals surface area (Å²) < 4.78 is 0. The van der Waals surface area contributed by atoms with E-state index < -0.39 is 12.2 Å². The van der Waals surface area contributed by atoms with Crippen molar-refractivity contribution in [3.8, 4) is 0 Å². The molecule has 0 spiro atoms. The number of benzene rings is 2. The number of nitrogen functional groups attached to an aromatic ring is 1. The van der Waals surface area contributed by atoms with E-state index in [0.29, 0.717) is 29.4 Å². The first-order valence-corrected chi connectivity index (χ1v) is 8.25. The minimum atomic E-state index is -0.441. The van der Waals surface area contributed by atoms with Crippen LogP contribution in [0.25, 0.3) is 0 Å². The van der Waals surface area contributed by atoms with Crippen LogP contribution < -0.4 is 38.7 Å². The molecule has 2 atom stereocenters. The Balaban J connectivity index is 2.04. The SMILES string of the molecule is N=Cc1cc(N(N)C2=C(C(N)c3ccccc3)C(N)NCN2)ccc1N. The Hall–Kier alpha value is -2.91. The van der Waals surface area contributed by atoms with Gasteiger partial charge in [0, 0.05) is 23.0 Å². The van der Waals surface area contributed by atoms with E-state index in [9.17, 15) is 0 Å². The van der Waals surface area contributed by atoms with Crippen LogP contribution in [0.15, 0.2) is 59.9 Å². The average Bonchev–Trinajstić information content (AvgIpc) is 2.67. The summed E-state index contributed by atoms with van der Waals surface area (Å²) in [5, 5.41) is 15.3. The zero-order valence-electron chi connectivity index (χ0n) is 14.3. The molecule has 0 aliphatic carbocycles. The minimum absolute atomic E-state index is 0.427. The summed E-state index contributed by atoms with van der Waals surface area (Å²) in [6.07, 6.45) is 0.753. The van der Waals surface area contributed by atoms with Crippen molar-refractivity contribution in [3.63, 3.8) is 0 Å². The molecule has 2 unspecified atom stereocenters. The van der Waals surface area contributed by atoms with Crippen molar-refractivity contribution in [1.29, 1.82) is 5.41 Å². The van der Waals surface area contributed by atoms with Gasteiger partial charge in [-0.1, -0.05) is 30.3 Å². The van der Waals surface area contributed by atoms with E-state index in [1.54, 1.807) is 18.2 Å². The monoisotopic (exact) mass is 352 g/mol. The Morgan fingerprint density at radius 1 is 1.19 bits per heavy atom. The molecule has 0 fully saturated rings. The topological polar surface area (TPSA) is 155 Å². The predicted molar refractivity (Wildman–Crippen MR) is 105 cm³/mol. The van der Waals surface area contributed by atoms with E-state index >= 15 is 0 Å². The van der Waals surface area contributed by atoms with Crippen LogP contribution in [0.5, 0.6) is 0 Å². The van der Waals surface area contributed by atoms with E-state index in [4.69, 9.17) is 28.5 Å². The van der Waals surface area contributed by atoms with Gasteiger partial charge in [-0.05, 0) is 23.8 Å². The molecule has 1 aliphatic heterocycles. The Morgan fingerprint density at radius 3 is 2.62 bits per heavy atom. The van der Waals surface area contributed by atoms with Crippen molar-refractivity contribution in [1.82, 2.24) is 10.6 Å². The van der Waals surface area contributed by atoms with Crippen molar-refractivity contribution in [3.05, 3.63) is 71.1 Å². The standard InChI is InChI=1S/C18H24N8/c19-9-12-8-13(6-7-14(12)20)26(23)18-15(17(22)24-10-25-18)16(21)11-4-2-1-3-5-11/h1-9,16-17,19,24-25H,10,20-23H2. The van der Waals surface area contributed by atoms with Crippen molar-refractivity contribution in [2.45, 2.75) is 12.2 Å². The quantitative estimate of drug-likeness (QED) is 0.176. The fourth-order valence-electron chi connectivity index (χ4n) is 2.98. The van der Waals surface area contributed by atoms with Gasteiger partial charge in [-0.2, -0.15) is 0 Å². The fourth-order valence-corrected chi connectivity index (χ4v) is 2.98. The second kappa shape index (κ2) is 7.54. The Kier molecular flexibility index (Phi) is 5.19. The molecule has 11 N–H and O–H groups in total. The van der Waals surface area contributed by atoms with Crippen LogP contribution in [-0.2, 0) is 0 Å². The Bertz CT molecular complexity index is 817. The Morgan fingerprint density at radius 2 is 1.92 bits per heavy atom. The largest absolute Gasteiger partial charge is 0.398 e. The van der Waals surface area contributed by atoms with E-state index in [0.717, 1.165) is 11.1 Å². The molecule has 2 aromatic rings. The second-order valence-electron chi connectivity index (χ2n) is 6.06. The van der Waals surface area contributed by atoms with Crippen molar-refractivity contribution >= 4 is 17.6 Å². The van der Waals surface area contributed by atoms with Gasteiger partial charge in [-0.25, -0.2) is 5.84 Å². The third-order valence-electron chi connectivity index (χ3n) is 4.43. The van der Waals surface area contributed by atoms with Gasteiger partial charge in [-0.15, -0.1) is 0 Å². The molecule has 136 valence electrons. The van der Waals surface area contributed by atoms with Crippen LogP contribution in [0.3, 0.4) is 0 Å². The summed E-state index contributed by atoms with van der Waals surface area (Å²) in [5.74, 6) is 7.00. The normalized spacial score (nSPS) is 18.2. The number of anilines is 2. The van der Waals surface area contributed by atoms with Crippen molar-refractivity contribution in [2.24, 2.45) is 17.3 Å². The number of nitrogens with two attached hydrogens (primary N) is 4. The molecule has 2 aromatic carbocycles. The smallest absolute Gasteiger partial charge is 0.125 e. The summed E-state index contributed by atoms with van der Waals surface area (Å²) in [6, 6.07) is 14.5. The first-order chi connectivity index (χ1) is 12.5. The molecule has 0 saturated carbocycles. The fraction of sp³-hybridized carbons (Fsp3) is 0.167. The highest BCUT2D eigenvalue weighted by Crippen LogP contribution is 2.28. The maximum Gasteiger partial charge on any atom is 0.125 e. The maximum absolute atomic E-state index is 7.48. The van der Waals surface area contributed by atoms with E-state index in [-0.39, 0.29) is 0 Å². The van der Waals surface area contributed by atoms with Gasteiger partial charge in [0.1, 0.15) is 5.82 Å². The summed E-state index contributed by atoms with van der Waals surface area (Å²) in [5.41, 5.74) is 22.1. The lowest BCUT2D eigenvalue weighted by Crippen LogP contribution is -2.55. The molecule has 26 heavy (non-hydrogen) atoms. The van der Waals surface area contributed by atoms with Gasteiger partial charge < -0.3 is 27.9 Å². The summed E-state index contributed by atoms with van der Waals surface area (Å²) in [4.78, 5) is 0. The van der Waals surface area contributed by atoms with Crippen LogP contribution in [0.1, 0.15) is 17.2 Å². The third-order valence-corrected chi connectivity index (χ3v) is 4.43. The van der Waals surface area contributed by atoms with Gasteiger partial charge in [0.05, 0.1) is 24.6 Å². The Labute approximate surface area is 152 Å².